The lowest BCUT2D eigenvalue weighted by molar-refractivity contribution is 0.191. The molecule has 100 valence electrons. The van der Waals surface area contributed by atoms with Gasteiger partial charge in [0.25, 0.3) is 0 Å². The third-order valence-electron chi connectivity index (χ3n) is 2.68. The molecule has 0 fully saturated rings. The Morgan fingerprint density at radius 1 is 1.26 bits per heavy atom. The minimum atomic E-state index is -0.795. The smallest absolute Gasteiger partial charge is 0.147 e. The van der Waals surface area contributed by atoms with E-state index in [2.05, 4.69) is 21.2 Å². The fourth-order valence-electron chi connectivity index (χ4n) is 1.69. The molecule has 0 saturated heterocycles. The molecule has 0 aliphatic heterocycles. The zero-order valence-electron chi connectivity index (χ0n) is 9.91. The second-order valence-corrected chi connectivity index (χ2v) is 5.37. The van der Waals surface area contributed by atoms with Crippen LogP contribution in [0, 0.1) is 5.82 Å². The minimum absolute atomic E-state index is 0.183. The zero-order chi connectivity index (χ0) is 13.8. The highest BCUT2D eigenvalue weighted by atomic mass is 79.9. The van der Waals surface area contributed by atoms with E-state index in [4.69, 9.17) is 11.6 Å². The van der Waals surface area contributed by atoms with Gasteiger partial charge in [0, 0.05) is 21.6 Å². The Bertz CT molecular complexity index is 579. The Morgan fingerprint density at radius 2 is 2.00 bits per heavy atom. The maximum atomic E-state index is 13.6. The SMILES string of the molecule is OC(CNc1ccc(Br)cc1F)c1ccccc1Cl. The summed E-state index contributed by atoms with van der Waals surface area (Å²) in [5.74, 6) is -0.374. The lowest BCUT2D eigenvalue weighted by atomic mass is 10.1. The molecule has 0 bridgehead atoms. The van der Waals surface area contributed by atoms with Gasteiger partial charge in [-0.1, -0.05) is 45.7 Å². The van der Waals surface area contributed by atoms with E-state index >= 15 is 0 Å². The van der Waals surface area contributed by atoms with Crippen molar-refractivity contribution in [3.05, 3.63) is 63.3 Å². The highest BCUT2D eigenvalue weighted by Gasteiger charge is 2.11. The van der Waals surface area contributed by atoms with Crippen molar-refractivity contribution in [2.75, 3.05) is 11.9 Å². The molecule has 0 aliphatic carbocycles. The number of anilines is 1. The first-order valence-electron chi connectivity index (χ1n) is 5.69. The summed E-state index contributed by atoms with van der Waals surface area (Å²) >= 11 is 9.17. The summed E-state index contributed by atoms with van der Waals surface area (Å²) in [4.78, 5) is 0. The molecule has 0 spiro atoms. The zero-order valence-corrected chi connectivity index (χ0v) is 12.2. The summed E-state index contributed by atoms with van der Waals surface area (Å²) in [5.41, 5.74) is 0.962. The molecular formula is C14H12BrClFNO. The molecule has 2 aromatic rings. The number of hydrogen-bond donors (Lipinski definition) is 2. The summed E-state index contributed by atoms with van der Waals surface area (Å²) in [5, 5.41) is 13.4. The van der Waals surface area contributed by atoms with Gasteiger partial charge in [-0.2, -0.15) is 0 Å². The van der Waals surface area contributed by atoms with Crippen LogP contribution in [0.5, 0.6) is 0 Å². The fraction of sp³-hybridized carbons (Fsp3) is 0.143. The van der Waals surface area contributed by atoms with E-state index in [0.717, 1.165) is 0 Å². The van der Waals surface area contributed by atoms with Crippen LogP contribution in [0.3, 0.4) is 0 Å². The van der Waals surface area contributed by atoms with E-state index in [9.17, 15) is 9.50 Å². The van der Waals surface area contributed by atoms with Crippen molar-refractivity contribution < 1.29 is 9.50 Å². The van der Waals surface area contributed by atoms with Crippen molar-refractivity contribution in [1.82, 2.24) is 0 Å². The Labute approximate surface area is 124 Å². The quantitative estimate of drug-likeness (QED) is 0.862. The van der Waals surface area contributed by atoms with Crippen molar-refractivity contribution in [2.24, 2.45) is 0 Å². The molecule has 5 heteroatoms. The normalized spacial score (nSPS) is 12.2. The number of benzene rings is 2. The Balaban J connectivity index is 2.04. The van der Waals surface area contributed by atoms with Crippen molar-refractivity contribution in [3.63, 3.8) is 0 Å². The van der Waals surface area contributed by atoms with Gasteiger partial charge in [0.05, 0.1) is 11.8 Å². The van der Waals surface area contributed by atoms with Gasteiger partial charge in [-0.15, -0.1) is 0 Å². The third kappa shape index (κ3) is 3.69. The van der Waals surface area contributed by atoms with Crippen LogP contribution in [0.2, 0.25) is 5.02 Å². The Morgan fingerprint density at radius 3 is 2.68 bits per heavy atom. The second-order valence-electron chi connectivity index (χ2n) is 4.04. The van der Waals surface area contributed by atoms with Gasteiger partial charge in [0.1, 0.15) is 5.82 Å². The van der Waals surface area contributed by atoms with Crippen molar-refractivity contribution in [3.8, 4) is 0 Å². The van der Waals surface area contributed by atoms with Crippen LogP contribution in [-0.2, 0) is 0 Å². The molecular weight excluding hydrogens is 333 g/mol. The van der Waals surface area contributed by atoms with E-state index in [1.807, 2.05) is 0 Å². The largest absolute Gasteiger partial charge is 0.387 e. The molecule has 2 nitrogen and oxygen atoms in total. The maximum Gasteiger partial charge on any atom is 0.147 e. The summed E-state index contributed by atoms with van der Waals surface area (Å²) in [6.07, 6.45) is -0.795. The average molecular weight is 345 g/mol. The standard InChI is InChI=1S/C14H12BrClFNO/c15-9-5-6-13(12(17)7-9)18-8-14(19)10-3-1-2-4-11(10)16/h1-7,14,18-19H,8H2. The first kappa shape index (κ1) is 14.3. The van der Waals surface area contributed by atoms with Gasteiger partial charge in [-0.25, -0.2) is 4.39 Å². The number of aliphatic hydroxyl groups excluding tert-OH is 1. The summed E-state index contributed by atoms with van der Waals surface area (Å²) in [6.45, 7) is 0.183. The molecule has 0 radical (unpaired) electrons. The van der Waals surface area contributed by atoms with Crippen LogP contribution in [0.25, 0.3) is 0 Å². The van der Waals surface area contributed by atoms with Crippen LogP contribution < -0.4 is 5.32 Å². The maximum absolute atomic E-state index is 13.6. The molecule has 2 rings (SSSR count). The highest BCUT2D eigenvalue weighted by molar-refractivity contribution is 9.10. The molecule has 2 N–H and O–H groups in total. The predicted octanol–water partition coefficient (Wildman–Crippen LogP) is 4.39. The van der Waals surface area contributed by atoms with Crippen molar-refractivity contribution in [1.29, 1.82) is 0 Å². The van der Waals surface area contributed by atoms with Gasteiger partial charge < -0.3 is 10.4 Å². The number of halogens is 3. The van der Waals surface area contributed by atoms with Crippen LogP contribution in [-0.4, -0.2) is 11.7 Å². The highest BCUT2D eigenvalue weighted by Crippen LogP contribution is 2.24. The summed E-state index contributed by atoms with van der Waals surface area (Å²) in [7, 11) is 0. The van der Waals surface area contributed by atoms with Crippen LogP contribution in [0.4, 0.5) is 10.1 Å². The van der Waals surface area contributed by atoms with Gasteiger partial charge in [0.2, 0.25) is 0 Å². The van der Waals surface area contributed by atoms with Crippen molar-refractivity contribution in [2.45, 2.75) is 6.10 Å². The number of rotatable bonds is 4. The molecule has 0 saturated carbocycles. The fourth-order valence-corrected chi connectivity index (χ4v) is 2.29. The lowest BCUT2D eigenvalue weighted by Crippen LogP contribution is -2.13. The Kier molecular flexibility index (Phi) is 4.80. The molecule has 1 unspecified atom stereocenters. The third-order valence-corrected chi connectivity index (χ3v) is 3.52. The lowest BCUT2D eigenvalue weighted by Gasteiger charge is -2.15. The first-order valence-corrected chi connectivity index (χ1v) is 6.86. The number of hydrogen-bond acceptors (Lipinski definition) is 2. The van der Waals surface area contributed by atoms with Gasteiger partial charge in [-0.3, -0.25) is 0 Å². The summed E-state index contributed by atoms with van der Waals surface area (Å²) < 4.78 is 14.3. The molecule has 19 heavy (non-hydrogen) atoms. The van der Waals surface area contributed by atoms with E-state index in [-0.39, 0.29) is 12.4 Å². The molecule has 0 aromatic heterocycles. The van der Waals surface area contributed by atoms with E-state index in [1.165, 1.54) is 6.07 Å². The van der Waals surface area contributed by atoms with Gasteiger partial charge in [0.15, 0.2) is 0 Å². The molecule has 0 amide bonds. The molecule has 2 aromatic carbocycles. The van der Waals surface area contributed by atoms with E-state index in [1.54, 1.807) is 36.4 Å². The van der Waals surface area contributed by atoms with Crippen LogP contribution >= 0.6 is 27.5 Å². The topological polar surface area (TPSA) is 32.3 Å². The average Bonchev–Trinajstić information content (AvgIpc) is 2.38. The van der Waals surface area contributed by atoms with Crippen LogP contribution in [0.15, 0.2) is 46.9 Å². The van der Waals surface area contributed by atoms with E-state index in [0.29, 0.717) is 20.7 Å². The number of aliphatic hydroxyl groups is 1. The monoisotopic (exact) mass is 343 g/mol. The van der Waals surface area contributed by atoms with E-state index < -0.39 is 6.10 Å². The van der Waals surface area contributed by atoms with Crippen LogP contribution in [0.1, 0.15) is 11.7 Å². The molecule has 1 atom stereocenters. The predicted molar refractivity (Wildman–Crippen MR) is 79.0 cm³/mol. The van der Waals surface area contributed by atoms with Gasteiger partial charge in [-0.05, 0) is 24.3 Å². The first-order chi connectivity index (χ1) is 9.08. The molecule has 0 heterocycles. The van der Waals surface area contributed by atoms with Gasteiger partial charge >= 0.3 is 0 Å². The second kappa shape index (κ2) is 6.37. The van der Waals surface area contributed by atoms with Crippen molar-refractivity contribution >= 4 is 33.2 Å². The number of nitrogens with one attached hydrogen (secondary N) is 1. The Hall–Kier alpha value is -1.10. The summed E-state index contributed by atoms with van der Waals surface area (Å²) in [6, 6.07) is 11.7. The minimum Gasteiger partial charge on any atom is -0.387 e. The molecule has 0 aliphatic rings.